The molecule has 0 N–H and O–H groups in total. The van der Waals surface area contributed by atoms with Crippen molar-refractivity contribution in [3.05, 3.63) is 332 Å². The van der Waals surface area contributed by atoms with Crippen LogP contribution in [0.4, 0.5) is 45.5 Å². The van der Waals surface area contributed by atoms with Gasteiger partial charge < -0.3 is 19.6 Å². The summed E-state index contributed by atoms with van der Waals surface area (Å²) in [6.45, 7) is 58.1. The van der Waals surface area contributed by atoms with Gasteiger partial charge in [-0.05, 0) is 476 Å². The Hall–Kier alpha value is -10.2. The monoisotopic (exact) mass is 1970 g/mol. The van der Waals surface area contributed by atoms with E-state index >= 15 is 0 Å². The molecule has 148 heavy (non-hydrogen) atoms. The van der Waals surface area contributed by atoms with Crippen LogP contribution < -0.4 is 19.6 Å². The first-order valence-electron chi connectivity index (χ1n) is 59.2. The Morgan fingerprint density at radius 3 is 0.568 bits per heavy atom. The minimum atomic E-state index is -0.0590. The zero-order valence-electron chi connectivity index (χ0n) is 95.7. The molecule has 0 heterocycles. The van der Waals surface area contributed by atoms with Crippen molar-refractivity contribution >= 4 is 45.5 Å². The minimum Gasteiger partial charge on any atom is -0.336 e. The van der Waals surface area contributed by atoms with Gasteiger partial charge in [-0.1, -0.05) is 317 Å². The summed E-state index contributed by atoms with van der Waals surface area (Å²) in [5.41, 5.74) is 48.4. The highest BCUT2D eigenvalue weighted by molar-refractivity contribution is 5.91. The molecule has 4 nitrogen and oxygen atoms in total. The van der Waals surface area contributed by atoms with Crippen molar-refractivity contribution in [1.29, 1.82) is 0 Å². The van der Waals surface area contributed by atoms with E-state index in [0.29, 0.717) is 52.3 Å². The number of hydrogen-bond acceptors (Lipinski definition) is 4. The van der Waals surface area contributed by atoms with Gasteiger partial charge in [-0.3, -0.25) is 0 Å². The molecule has 8 saturated carbocycles. The lowest BCUT2D eigenvalue weighted by atomic mass is 9.70. The molecule has 0 amide bonds. The van der Waals surface area contributed by atoms with E-state index in [-0.39, 0.29) is 43.8 Å². The predicted octanol–water partition coefficient (Wildman–Crippen LogP) is 42.3. The van der Waals surface area contributed by atoms with Gasteiger partial charge in [0.2, 0.25) is 0 Å². The zero-order valence-corrected chi connectivity index (χ0v) is 95.7. The Labute approximate surface area is 895 Å². The van der Waals surface area contributed by atoms with E-state index in [1.807, 2.05) is 0 Å². The normalized spacial score (nSPS) is 20.0. The number of anilines is 8. The number of para-hydroxylation sites is 4. The largest absolute Gasteiger partial charge is 0.336 e. The van der Waals surface area contributed by atoms with Crippen LogP contribution in [0, 0.1) is 10.8 Å². The predicted molar refractivity (Wildman–Crippen MR) is 637 cm³/mol. The molecule has 0 unspecified atom stereocenters. The SMILES string of the molecule is CC1(C)CCC(c2ccccc2N(c2cc3c(cc2C2CCC(C)(C)CC2)-c2ccccc2C3(C)C)C(C)(C)C)CC1.CC1(C)c2ccccc2-c2cc(C3CC3)c(N(c3ccccc3C3CC3)C(C)(C)C)cc21.CC1(C)c2ccccc2-c2cc(C3CCCC3)c(N(c3ccccc3C3CCCC3)C(C)(C)C)cc21.CC1(C)c2ccccc2-c2cc(C3CCCCC3)c(N(c3ccccc3C3CCCCC3)C(C)(C)C)cc21. The summed E-state index contributed by atoms with van der Waals surface area (Å²) in [6.07, 6.45) is 40.0. The van der Waals surface area contributed by atoms with Gasteiger partial charge in [0.1, 0.15) is 0 Å². The minimum absolute atomic E-state index is 0.00152. The molecule has 0 aliphatic heterocycles. The lowest BCUT2D eigenvalue weighted by Gasteiger charge is -2.44. The molecule has 12 aromatic carbocycles. The average molecular weight is 1970 g/mol. The van der Waals surface area contributed by atoms with E-state index < -0.39 is 0 Å². The fourth-order valence-electron chi connectivity index (χ4n) is 30.2. The van der Waals surface area contributed by atoms with Crippen LogP contribution in [0.5, 0.6) is 0 Å². The van der Waals surface area contributed by atoms with Crippen molar-refractivity contribution in [2.24, 2.45) is 10.8 Å². The average Bonchev–Trinajstić information content (AvgIpc) is 1.57. The molecule has 12 aliphatic carbocycles. The Morgan fingerprint density at radius 1 is 0.169 bits per heavy atom. The van der Waals surface area contributed by atoms with Gasteiger partial charge in [-0.25, -0.2) is 0 Å². The third kappa shape index (κ3) is 19.7. The summed E-state index contributed by atoms with van der Waals surface area (Å²) in [4.78, 5) is 10.9. The molecule has 0 saturated heterocycles. The maximum Gasteiger partial charge on any atom is 0.0454 e. The molecule has 4 heteroatoms. The highest BCUT2D eigenvalue weighted by Crippen LogP contribution is 2.64. The maximum atomic E-state index is 2.76. The van der Waals surface area contributed by atoms with Crippen molar-refractivity contribution in [1.82, 2.24) is 0 Å². The van der Waals surface area contributed by atoms with Crippen LogP contribution >= 0.6 is 0 Å². The van der Waals surface area contributed by atoms with Crippen molar-refractivity contribution in [3.8, 4) is 44.5 Å². The molecule has 0 bridgehead atoms. The molecule has 12 aliphatic rings. The second-order valence-electron chi connectivity index (χ2n) is 55.8. The Bertz CT molecular complexity index is 6840. The molecule has 8 fully saturated rings. The summed E-state index contributed by atoms with van der Waals surface area (Å²) >= 11 is 0. The van der Waals surface area contributed by atoms with Crippen LogP contribution in [0.2, 0.25) is 0 Å². The Morgan fingerprint density at radius 2 is 0.345 bits per heavy atom. The van der Waals surface area contributed by atoms with Gasteiger partial charge in [0, 0.05) is 89.3 Å². The standard InChI is InChI=1S/C41H55N.C37H47N.C35H43N.C31H35N/c1-38(2,3)42(36-17-13-11-14-30(36)28-18-22-39(4,5)23-19-28)37-27-35-33(31-15-10-12-16-34(31)41(35,8)9)26-32(37)29-20-24-40(6,7)25-21-29;1-36(2,3)38(34-23-15-13-20-28(34)26-16-8-6-9-17-26)35-25-33-31(24-30(35)27-18-10-7-11-19-27)29-21-12-14-22-32(29)37(33,4)5;1-34(2,3)36(32-21-13-11-18-26(32)24-14-6-7-15-24)33-23-31-29(22-28(33)25-16-8-9-17-25)27-19-10-12-20-30(27)35(31,4)5;1-30(2,3)32(28-13-9-7-10-22(28)20-14-15-20)29-19-27-25(18-24(29)21-16-17-21)23-11-6-8-12-26(23)31(27,4)5/h10-17,26-29H,18-25H2,1-9H3;12-15,20-27H,6-11,16-19H2,1-5H3;10-13,18-25H,6-9,14-17H2,1-5H3;6-13,18-21H,14-17H2,1-5H3. The molecule has 0 spiro atoms. The van der Waals surface area contributed by atoms with E-state index in [4.69, 9.17) is 0 Å². The number of hydrogen-bond donors (Lipinski definition) is 0. The molecule has 0 aromatic heterocycles. The fraction of sp³-hybridized carbons (Fsp3) is 0.500. The van der Waals surface area contributed by atoms with Crippen LogP contribution in [-0.2, 0) is 21.7 Å². The van der Waals surface area contributed by atoms with Crippen LogP contribution in [0.3, 0.4) is 0 Å². The number of rotatable bonds is 16. The van der Waals surface area contributed by atoms with E-state index in [1.165, 1.54) is 333 Å². The van der Waals surface area contributed by atoms with Crippen molar-refractivity contribution in [2.45, 2.75) is 450 Å². The first-order valence-corrected chi connectivity index (χ1v) is 59.2. The van der Waals surface area contributed by atoms with Gasteiger partial charge >= 0.3 is 0 Å². The summed E-state index contributed by atoms with van der Waals surface area (Å²) in [5.74, 6) is 5.33. The summed E-state index contributed by atoms with van der Waals surface area (Å²) < 4.78 is 0. The lowest BCUT2D eigenvalue weighted by Crippen LogP contribution is -2.39. The second kappa shape index (κ2) is 39.8. The third-order valence-corrected chi connectivity index (χ3v) is 38.6. The van der Waals surface area contributed by atoms with Crippen LogP contribution in [0.15, 0.2) is 243 Å². The molecule has 0 radical (unpaired) electrons. The fourth-order valence-corrected chi connectivity index (χ4v) is 30.2. The van der Waals surface area contributed by atoms with Crippen molar-refractivity contribution in [3.63, 3.8) is 0 Å². The Balaban J connectivity index is 0.000000116. The number of benzene rings is 12. The van der Waals surface area contributed by atoms with Gasteiger partial charge in [-0.2, -0.15) is 0 Å². The maximum absolute atomic E-state index is 2.76. The van der Waals surface area contributed by atoms with Gasteiger partial charge in [-0.15, -0.1) is 0 Å². The summed E-state index contributed by atoms with van der Waals surface area (Å²) in [6, 6.07) is 94.8. The quantitative estimate of drug-likeness (QED) is 0.0956. The topological polar surface area (TPSA) is 13.0 Å². The molecule has 12 aromatic rings. The van der Waals surface area contributed by atoms with E-state index in [9.17, 15) is 0 Å². The lowest BCUT2D eigenvalue weighted by molar-refractivity contribution is 0.224. The highest BCUT2D eigenvalue weighted by Gasteiger charge is 2.48. The van der Waals surface area contributed by atoms with E-state index in [1.54, 1.807) is 38.9 Å². The van der Waals surface area contributed by atoms with Crippen LogP contribution in [-0.4, -0.2) is 22.2 Å². The molecule has 24 rings (SSSR count). The van der Waals surface area contributed by atoms with Crippen molar-refractivity contribution in [2.75, 3.05) is 19.6 Å². The molecule has 776 valence electrons. The second-order valence-corrected chi connectivity index (χ2v) is 55.8. The van der Waals surface area contributed by atoms with E-state index in [0.717, 1.165) is 5.92 Å². The molecule has 0 atom stereocenters. The van der Waals surface area contributed by atoms with Gasteiger partial charge in [0.05, 0.1) is 0 Å². The number of fused-ring (bicyclic) bond motifs is 12. The first kappa shape index (κ1) is 104. The van der Waals surface area contributed by atoms with Crippen molar-refractivity contribution < 1.29 is 0 Å². The number of nitrogens with zero attached hydrogens (tertiary/aromatic N) is 4. The third-order valence-electron chi connectivity index (χ3n) is 38.6. The summed E-state index contributed by atoms with van der Waals surface area (Å²) in [7, 11) is 0. The summed E-state index contributed by atoms with van der Waals surface area (Å²) in [5, 5.41) is 0. The van der Waals surface area contributed by atoms with Crippen LogP contribution in [0.1, 0.15) is 495 Å². The highest BCUT2D eigenvalue weighted by atomic mass is 15.2. The first-order chi connectivity index (χ1) is 70.5. The van der Waals surface area contributed by atoms with Gasteiger partial charge in [0.15, 0.2) is 0 Å². The van der Waals surface area contributed by atoms with Gasteiger partial charge in [0.25, 0.3) is 0 Å². The zero-order chi connectivity index (χ0) is 104. The van der Waals surface area contributed by atoms with E-state index in [2.05, 4.69) is 428 Å². The molecular weight excluding hydrogens is 1790 g/mol. The Kier molecular flexibility index (Phi) is 27.9. The smallest absolute Gasteiger partial charge is 0.0454 e. The van der Waals surface area contributed by atoms with Crippen LogP contribution in [0.25, 0.3) is 44.5 Å². The molecular formula is C144H180N4.